The normalized spacial score (nSPS) is 11.3. The first-order valence-electron chi connectivity index (χ1n) is 22.7. The maximum Gasteiger partial charge on any atom is 0.0541 e. The summed E-state index contributed by atoms with van der Waals surface area (Å²) >= 11 is 0. The van der Waals surface area contributed by atoms with Crippen LogP contribution in [0.1, 0.15) is 0 Å². The molecule has 66 heavy (non-hydrogen) atoms. The molecule has 0 saturated heterocycles. The first-order valence-corrected chi connectivity index (χ1v) is 22.7. The molecule has 310 valence electrons. The third-order valence-corrected chi connectivity index (χ3v) is 13.0. The second-order valence-corrected chi connectivity index (χ2v) is 17.0. The van der Waals surface area contributed by atoms with Crippen LogP contribution in [0.4, 0.5) is 17.1 Å². The number of para-hydroxylation sites is 2. The lowest BCUT2D eigenvalue weighted by Gasteiger charge is -2.26. The summed E-state index contributed by atoms with van der Waals surface area (Å²) < 4.78 is 2.38. The van der Waals surface area contributed by atoms with Crippen molar-refractivity contribution in [2.45, 2.75) is 0 Å². The van der Waals surface area contributed by atoms with E-state index in [4.69, 9.17) is 0 Å². The van der Waals surface area contributed by atoms with Crippen molar-refractivity contribution in [2.75, 3.05) is 4.90 Å². The molecule has 0 amide bonds. The molecule has 0 N–H and O–H groups in total. The number of rotatable bonds is 9. The van der Waals surface area contributed by atoms with E-state index >= 15 is 0 Å². The second kappa shape index (κ2) is 16.8. The van der Waals surface area contributed by atoms with Crippen molar-refractivity contribution in [1.82, 2.24) is 4.57 Å². The monoisotopic (exact) mass is 840 g/mol. The number of anilines is 3. The van der Waals surface area contributed by atoms with Gasteiger partial charge >= 0.3 is 0 Å². The van der Waals surface area contributed by atoms with Crippen molar-refractivity contribution in [3.8, 4) is 61.3 Å². The van der Waals surface area contributed by atoms with Gasteiger partial charge < -0.3 is 9.47 Å². The number of benzene rings is 11. The van der Waals surface area contributed by atoms with Gasteiger partial charge in [-0.15, -0.1) is 0 Å². The molecule has 0 aliphatic carbocycles. The van der Waals surface area contributed by atoms with Crippen molar-refractivity contribution in [2.24, 2.45) is 0 Å². The van der Waals surface area contributed by atoms with Crippen LogP contribution in [0.3, 0.4) is 0 Å². The Bertz CT molecular complexity index is 3620. The Morgan fingerprint density at radius 2 is 0.652 bits per heavy atom. The molecule has 11 aromatic carbocycles. The number of nitrogens with zero attached hydrogens (tertiary/aromatic N) is 2. The van der Waals surface area contributed by atoms with E-state index in [9.17, 15) is 0 Å². The van der Waals surface area contributed by atoms with E-state index in [1.807, 2.05) is 0 Å². The highest BCUT2D eigenvalue weighted by atomic mass is 15.1. The van der Waals surface area contributed by atoms with Crippen molar-refractivity contribution in [3.05, 3.63) is 267 Å². The molecule has 2 nitrogen and oxygen atoms in total. The van der Waals surface area contributed by atoms with E-state index in [1.54, 1.807) is 0 Å². The molecule has 0 fully saturated rings. The third-order valence-electron chi connectivity index (χ3n) is 13.0. The van der Waals surface area contributed by atoms with Gasteiger partial charge in [-0.05, 0) is 139 Å². The first kappa shape index (κ1) is 38.9. The average molecular weight is 841 g/mol. The number of aromatic nitrogens is 1. The van der Waals surface area contributed by atoms with Crippen LogP contribution in [0.15, 0.2) is 267 Å². The molecule has 0 aliphatic rings. The number of hydrogen-bond acceptors (Lipinski definition) is 1. The Morgan fingerprint density at radius 1 is 0.242 bits per heavy atom. The summed E-state index contributed by atoms with van der Waals surface area (Å²) in [5, 5.41) is 5.03. The second-order valence-electron chi connectivity index (χ2n) is 17.0. The van der Waals surface area contributed by atoms with Crippen LogP contribution in [-0.4, -0.2) is 4.57 Å². The Hall–Kier alpha value is -8.72. The zero-order chi connectivity index (χ0) is 43.8. The first-order chi connectivity index (χ1) is 32.7. The van der Waals surface area contributed by atoms with Crippen LogP contribution in [-0.2, 0) is 0 Å². The van der Waals surface area contributed by atoms with Gasteiger partial charge in [-0.1, -0.05) is 194 Å². The SMILES string of the molecule is c1ccc(-c2ccccc2-c2ccc(N(c3ccc(-c4cccc(-c5ccc6ccccc6c5)c4)cc3)c3ccc(-c4cccc(-n5c6ccccc6c6ccccc65)c4)cc3)cc2)cc1. The maximum absolute atomic E-state index is 2.38. The third kappa shape index (κ3) is 7.21. The van der Waals surface area contributed by atoms with Gasteiger partial charge in [-0.25, -0.2) is 0 Å². The van der Waals surface area contributed by atoms with Gasteiger partial charge in [0.15, 0.2) is 0 Å². The van der Waals surface area contributed by atoms with Gasteiger partial charge in [-0.2, -0.15) is 0 Å². The van der Waals surface area contributed by atoms with E-state index in [0.717, 1.165) is 28.3 Å². The fraction of sp³-hybridized carbons (Fsp3) is 0. The highest BCUT2D eigenvalue weighted by molar-refractivity contribution is 6.09. The summed E-state index contributed by atoms with van der Waals surface area (Å²) in [4.78, 5) is 2.36. The molecular formula is C64H44N2. The lowest BCUT2D eigenvalue weighted by molar-refractivity contribution is 1.18. The molecule has 1 heterocycles. The summed E-state index contributed by atoms with van der Waals surface area (Å²) in [7, 11) is 0. The maximum atomic E-state index is 2.38. The summed E-state index contributed by atoms with van der Waals surface area (Å²) in [6, 6.07) is 96.8. The average Bonchev–Trinajstić information content (AvgIpc) is 3.74. The minimum absolute atomic E-state index is 1.08. The topological polar surface area (TPSA) is 8.17 Å². The summed E-state index contributed by atoms with van der Waals surface area (Å²) in [5.41, 5.74) is 18.8. The van der Waals surface area contributed by atoms with Crippen LogP contribution in [0.2, 0.25) is 0 Å². The Balaban J connectivity index is 0.905. The summed E-state index contributed by atoms with van der Waals surface area (Å²) in [5.74, 6) is 0. The van der Waals surface area contributed by atoms with Crippen molar-refractivity contribution in [3.63, 3.8) is 0 Å². The Labute approximate surface area is 385 Å². The molecule has 0 atom stereocenters. The molecule has 2 heteroatoms. The van der Waals surface area contributed by atoms with Crippen LogP contribution < -0.4 is 4.90 Å². The summed E-state index contributed by atoms with van der Waals surface area (Å²) in [6.45, 7) is 0. The van der Waals surface area contributed by atoms with Crippen molar-refractivity contribution in [1.29, 1.82) is 0 Å². The van der Waals surface area contributed by atoms with Gasteiger partial charge in [-0.3, -0.25) is 0 Å². The van der Waals surface area contributed by atoms with E-state index < -0.39 is 0 Å². The molecule has 0 aliphatic heterocycles. The van der Waals surface area contributed by atoms with Crippen LogP contribution in [0.5, 0.6) is 0 Å². The van der Waals surface area contributed by atoms with Crippen LogP contribution >= 0.6 is 0 Å². The standard InChI is InChI=1S/C64H44N2/c1-2-15-48(16-3-1)59-22-6-7-23-60(59)49-34-40-57(41-35-49)65(55-36-30-46(31-37-55)51-18-12-19-52(42-51)54-29-28-45-14-4-5-17-50(45)43-54)56-38-32-47(33-39-56)53-20-13-21-58(44-53)66-63-26-10-8-24-61(63)62-25-9-11-27-64(62)66/h1-44H. The smallest absolute Gasteiger partial charge is 0.0541 e. The molecule has 1 aromatic heterocycles. The quantitative estimate of drug-likeness (QED) is 0.141. The lowest BCUT2D eigenvalue weighted by atomic mass is 9.94. The van der Waals surface area contributed by atoms with E-state index in [-0.39, 0.29) is 0 Å². The minimum atomic E-state index is 1.08. The molecule has 0 radical (unpaired) electrons. The molecular weight excluding hydrogens is 797 g/mol. The molecule has 12 rings (SSSR count). The zero-order valence-corrected chi connectivity index (χ0v) is 36.3. The largest absolute Gasteiger partial charge is 0.311 e. The molecule has 0 bridgehead atoms. The van der Waals surface area contributed by atoms with E-state index in [2.05, 4.69) is 276 Å². The molecule has 0 unspecified atom stereocenters. The number of fused-ring (bicyclic) bond motifs is 4. The predicted octanol–water partition coefficient (Wildman–Crippen LogP) is 17.7. The minimum Gasteiger partial charge on any atom is -0.311 e. The molecule has 12 aromatic rings. The fourth-order valence-electron chi connectivity index (χ4n) is 9.72. The van der Waals surface area contributed by atoms with E-state index in [1.165, 1.54) is 82.6 Å². The zero-order valence-electron chi connectivity index (χ0n) is 36.3. The highest BCUT2D eigenvalue weighted by Crippen LogP contribution is 2.40. The predicted molar refractivity (Wildman–Crippen MR) is 280 cm³/mol. The highest BCUT2D eigenvalue weighted by Gasteiger charge is 2.16. The molecule has 0 saturated carbocycles. The van der Waals surface area contributed by atoms with Gasteiger partial charge in [0.1, 0.15) is 0 Å². The fourth-order valence-corrected chi connectivity index (χ4v) is 9.72. The van der Waals surface area contributed by atoms with Gasteiger partial charge in [0.2, 0.25) is 0 Å². The van der Waals surface area contributed by atoms with Gasteiger partial charge in [0, 0.05) is 33.5 Å². The van der Waals surface area contributed by atoms with Gasteiger partial charge in [0.25, 0.3) is 0 Å². The molecule has 0 spiro atoms. The summed E-state index contributed by atoms with van der Waals surface area (Å²) in [6.07, 6.45) is 0. The van der Waals surface area contributed by atoms with Crippen molar-refractivity contribution < 1.29 is 0 Å². The lowest BCUT2D eigenvalue weighted by Crippen LogP contribution is -2.09. The number of hydrogen-bond donors (Lipinski definition) is 0. The Morgan fingerprint density at radius 3 is 1.26 bits per heavy atom. The van der Waals surface area contributed by atoms with Crippen LogP contribution in [0.25, 0.3) is 93.9 Å². The van der Waals surface area contributed by atoms with Gasteiger partial charge in [0.05, 0.1) is 11.0 Å². The van der Waals surface area contributed by atoms with Crippen molar-refractivity contribution >= 4 is 49.6 Å². The van der Waals surface area contributed by atoms with Crippen LogP contribution in [0, 0.1) is 0 Å². The van der Waals surface area contributed by atoms with E-state index in [0.29, 0.717) is 0 Å². The Kier molecular flexibility index (Phi) is 9.89.